The molecule has 9 heteroatoms. The number of hydrogen-bond donors (Lipinski definition) is 1. The first kappa shape index (κ1) is 22.1. The summed E-state index contributed by atoms with van der Waals surface area (Å²) in [5.74, 6) is 0.852. The Morgan fingerprint density at radius 3 is 2.52 bits per heavy atom. The second-order valence-electron chi connectivity index (χ2n) is 8.72. The van der Waals surface area contributed by atoms with Crippen LogP contribution in [0.15, 0.2) is 18.2 Å². The molecule has 3 heterocycles. The molecule has 0 unspecified atom stereocenters. The highest BCUT2D eigenvalue weighted by Crippen LogP contribution is 2.50. The van der Waals surface area contributed by atoms with Crippen LogP contribution < -0.4 is 4.74 Å². The molecule has 1 aromatic heterocycles. The van der Waals surface area contributed by atoms with Crippen molar-refractivity contribution in [3.05, 3.63) is 29.5 Å². The number of benzene rings is 1. The number of rotatable bonds is 4. The number of sulfonamides is 1. The molecule has 4 rings (SSSR count). The van der Waals surface area contributed by atoms with Crippen LogP contribution in [0.1, 0.15) is 43.5 Å². The third-order valence-corrected chi connectivity index (χ3v) is 8.32. The number of carbonyl (C=O) groups is 1. The third-order valence-electron chi connectivity index (χ3n) is 7.08. The number of amides is 1. The normalized spacial score (nSPS) is 21.5. The molecule has 1 spiro atoms. The maximum absolute atomic E-state index is 12.8. The minimum Gasteiger partial charge on any atom is -0.497 e. The van der Waals surface area contributed by atoms with Crippen molar-refractivity contribution in [3.8, 4) is 5.75 Å². The molecule has 1 atom stereocenters. The average Bonchev–Trinajstić information content (AvgIpc) is 3.06. The molecule has 1 saturated heterocycles. The standard InChI is InChI=1S/C22H31N3O5S/c1-5-19(27)24-10-8-22(9-11-24)14-25(31(4,28)29)18(13-26)21-20(22)16-7-6-15(30-3)12-17(16)23(21)2/h6-7,12,18,26H,5,8-11,13-14H2,1-4H3/t18-/m1/s1. The topological polar surface area (TPSA) is 92.1 Å². The molecule has 1 amide bonds. The summed E-state index contributed by atoms with van der Waals surface area (Å²) in [5.41, 5.74) is 2.47. The Kier molecular flexibility index (Phi) is 5.56. The summed E-state index contributed by atoms with van der Waals surface area (Å²) in [6.45, 7) is 3.07. The number of piperidine rings is 1. The van der Waals surface area contributed by atoms with E-state index in [9.17, 15) is 18.3 Å². The van der Waals surface area contributed by atoms with Crippen molar-refractivity contribution in [2.24, 2.45) is 7.05 Å². The van der Waals surface area contributed by atoms with E-state index < -0.39 is 21.5 Å². The molecule has 1 fully saturated rings. The van der Waals surface area contributed by atoms with Crippen molar-refractivity contribution in [3.63, 3.8) is 0 Å². The maximum Gasteiger partial charge on any atom is 0.222 e. The fraction of sp³-hybridized carbons (Fsp3) is 0.591. The molecule has 170 valence electrons. The van der Waals surface area contributed by atoms with Crippen molar-refractivity contribution in [1.82, 2.24) is 13.8 Å². The van der Waals surface area contributed by atoms with Gasteiger partial charge in [-0.15, -0.1) is 0 Å². The first-order valence-corrected chi connectivity index (χ1v) is 12.5. The van der Waals surface area contributed by atoms with E-state index in [1.54, 1.807) is 7.11 Å². The zero-order valence-electron chi connectivity index (χ0n) is 18.6. The van der Waals surface area contributed by atoms with E-state index in [1.165, 1.54) is 10.6 Å². The number of likely N-dealkylation sites (tertiary alicyclic amines) is 1. The minimum absolute atomic E-state index is 0.127. The van der Waals surface area contributed by atoms with E-state index in [4.69, 9.17) is 4.74 Å². The van der Waals surface area contributed by atoms with Crippen molar-refractivity contribution < 1.29 is 23.1 Å². The highest BCUT2D eigenvalue weighted by atomic mass is 32.2. The lowest BCUT2D eigenvalue weighted by molar-refractivity contribution is -0.132. The van der Waals surface area contributed by atoms with Crippen LogP contribution in [-0.4, -0.2) is 72.8 Å². The molecule has 2 aliphatic heterocycles. The van der Waals surface area contributed by atoms with Crippen molar-refractivity contribution in [1.29, 1.82) is 0 Å². The monoisotopic (exact) mass is 449 g/mol. The summed E-state index contributed by atoms with van der Waals surface area (Å²) in [5, 5.41) is 11.3. The van der Waals surface area contributed by atoms with Gasteiger partial charge in [0, 0.05) is 55.7 Å². The van der Waals surface area contributed by atoms with Crippen LogP contribution in [-0.2, 0) is 27.3 Å². The quantitative estimate of drug-likeness (QED) is 0.768. The van der Waals surface area contributed by atoms with E-state index in [1.807, 2.05) is 41.6 Å². The molecule has 0 aliphatic carbocycles. The number of aryl methyl sites for hydroxylation is 1. The summed E-state index contributed by atoms with van der Waals surface area (Å²) in [6, 6.07) is 5.26. The number of hydrogen-bond acceptors (Lipinski definition) is 5. The van der Waals surface area contributed by atoms with Crippen LogP contribution in [0.3, 0.4) is 0 Å². The lowest BCUT2D eigenvalue weighted by Gasteiger charge is -2.49. The Labute approximate surface area is 183 Å². The summed E-state index contributed by atoms with van der Waals surface area (Å²) in [4.78, 5) is 14.1. The van der Waals surface area contributed by atoms with Gasteiger partial charge in [-0.3, -0.25) is 4.79 Å². The van der Waals surface area contributed by atoms with Gasteiger partial charge in [-0.1, -0.05) is 6.92 Å². The predicted octanol–water partition coefficient (Wildman–Crippen LogP) is 1.77. The molecule has 0 radical (unpaired) electrons. The number of ether oxygens (including phenoxy) is 1. The SMILES string of the molecule is CCC(=O)N1CCC2(CC1)CN(S(C)(=O)=O)[C@H](CO)c1c2c2ccc(OC)cc2n1C. The molecule has 1 N–H and O–H groups in total. The van der Waals surface area contributed by atoms with Gasteiger partial charge in [-0.2, -0.15) is 4.31 Å². The fourth-order valence-corrected chi connectivity index (χ4v) is 6.59. The van der Waals surface area contributed by atoms with E-state index in [2.05, 4.69) is 0 Å². The smallest absolute Gasteiger partial charge is 0.222 e. The number of nitrogens with zero attached hydrogens (tertiary/aromatic N) is 3. The van der Waals surface area contributed by atoms with Crippen LogP contribution in [0.5, 0.6) is 5.75 Å². The number of carbonyl (C=O) groups excluding carboxylic acids is 1. The van der Waals surface area contributed by atoms with Gasteiger partial charge < -0.3 is 19.3 Å². The highest BCUT2D eigenvalue weighted by Gasteiger charge is 2.50. The van der Waals surface area contributed by atoms with Gasteiger partial charge in [-0.25, -0.2) is 8.42 Å². The number of aromatic nitrogens is 1. The van der Waals surface area contributed by atoms with Crippen LogP contribution >= 0.6 is 0 Å². The van der Waals surface area contributed by atoms with Crippen LogP contribution in [0, 0.1) is 0 Å². The Bertz CT molecular complexity index is 1120. The van der Waals surface area contributed by atoms with Crippen molar-refractivity contribution >= 4 is 26.8 Å². The molecule has 2 aliphatic rings. The van der Waals surface area contributed by atoms with E-state index in [-0.39, 0.29) is 12.5 Å². The van der Waals surface area contributed by atoms with Crippen LogP contribution in [0.2, 0.25) is 0 Å². The third kappa shape index (κ3) is 3.43. The Hall–Kier alpha value is -2.10. The first-order chi connectivity index (χ1) is 14.7. The Morgan fingerprint density at radius 1 is 1.29 bits per heavy atom. The van der Waals surface area contributed by atoms with E-state index >= 15 is 0 Å². The minimum atomic E-state index is -3.55. The second-order valence-corrected chi connectivity index (χ2v) is 10.7. The van der Waals surface area contributed by atoms with Gasteiger partial charge in [0.25, 0.3) is 0 Å². The number of methoxy groups -OCH3 is 1. The summed E-state index contributed by atoms with van der Waals surface area (Å²) >= 11 is 0. The molecule has 1 aromatic carbocycles. The zero-order valence-corrected chi connectivity index (χ0v) is 19.4. The van der Waals surface area contributed by atoms with Gasteiger partial charge in [0.05, 0.1) is 31.5 Å². The summed E-state index contributed by atoms with van der Waals surface area (Å²) < 4.78 is 34.4. The van der Waals surface area contributed by atoms with Crippen molar-refractivity contribution in [2.75, 3.05) is 39.6 Å². The maximum atomic E-state index is 12.8. The lowest BCUT2D eigenvalue weighted by Crippen LogP contribution is -2.55. The van der Waals surface area contributed by atoms with E-state index in [0.717, 1.165) is 27.9 Å². The molecular formula is C22H31N3O5S. The molecule has 8 nitrogen and oxygen atoms in total. The van der Waals surface area contributed by atoms with Gasteiger partial charge in [0.2, 0.25) is 15.9 Å². The summed E-state index contributed by atoms with van der Waals surface area (Å²) in [7, 11) is -0.0179. The van der Waals surface area contributed by atoms with Gasteiger partial charge >= 0.3 is 0 Å². The average molecular weight is 450 g/mol. The molecule has 31 heavy (non-hydrogen) atoms. The first-order valence-electron chi connectivity index (χ1n) is 10.7. The second kappa shape index (κ2) is 7.79. The van der Waals surface area contributed by atoms with Gasteiger partial charge in [-0.05, 0) is 30.5 Å². The number of aliphatic hydroxyl groups excluding tert-OH is 1. The molecular weight excluding hydrogens is 418 g/mol. The van der Waals surface area contributed by atoms with Gasteiger partial charge in [0.15, 0.2) is 0 Å². The predicted molar refractivity (Wildman–Crippen MR) is 119 cm³/mol. The van der Waals surface area contributed by atoms with Crippen LogP contribution in [0.4, 0.5) is 0 Å². The zero-order chi connectivity index (χ0) is 22.6. The van der Waals surface area contributed by atoms with Gasteiger partial charge in [0.1, 0.15) is 5.75 Å². The number of aliphatic hydroxyl groups is 1. The highest BCUT2D eigenvalue weighted by molar-refractivity contribution is 7.88. The lowest BCUT2D eigenvalue weighted by atomic mass is 9.69. The van der Waals surface area contributed by atoms with Crippen LogP contribution in [0.25, 0.3) is 10.9 Å². The Balaban J connectivity index is 1.94. The molecule has 2 aromatic rings. The largest absolute Gasteiger partial charge is 0.497 e. The molecule has 0 saturated carbocycles. The Morgan fingerprint density at radius 2 is 1.97 bits per heavy atom. The fourth-order valence-electron chi connectivity index (χ4n) is 5.48. The summed E-state index contributed by atoms with van der Waals surface area (Å²) in [6.07, 6.45) is 3.03. The van der Waals surface area contributed by atoms with E-state index in [0.29, 0.717) is 38.9 Å². The molecule has 0 bridgehead atoms. The van der Waals surface area contributed by atoms with Crippen molar-refractivity contribution in [2.45, 2.75) is 37.6 Å². The number of fused-ring (bicyclic) bond motifs is 4.